The Bertz CT molecular complexity index is 82.9. The van der Waals surface area contributed by atoms with Crippen LogP contribution in [0.5, 0.6) is 0 Å². The third-order valence-electron chi connectivity index (χ3n) is 2.38. The van der Waals surface area contributed by atoms with Crippen molar-refractivity contribution >= 4 is 0 Å². The maximum Gasteiger partial charge on any atom is 0.00243 e. The highest BCUT2D eigenvalue weighted by molar-refractivity contribution is 4.80. The molecule has 1 heterocycles. The number of hydrogen-bond acceptors (Lipinski definition) is 1. The van der Waals surface area contributed by atoms with Crippen LogP contribution in [0.15, 0.2) is 0 Å². The highest BCUT2D eigenvalue weighted by Crippen LogP contribution is 2.22. The van der Waals surface area contributed by atoms with E-state index in [1.165, 1.54) is 19.6 Å². The Hall–Kier alpha value is -0.0400. The summed E-state index contributed by atoms with van der Waals surface area (Å²) in [4.78, 5) is 2.49. The summed E-state index contributed by atoms with van der Waals surface area (Å²) in [5.41, 5.74) is 0. The number of nitrogens with zero attached hydrogens (tertiary/aromatic N) is 1. The summed E-state index contributed by atoms with van der Waals surface area (Å²) >= 11 is 0. The zero-order chi connectivity index (χ0) is 8.85. The van der Waals surface area contributed by atoms with Gasteiger partial charge in [0.1, 0.15) is 0 Å². The first-order valence-electron chi connectivity index (χ1n) is 4.96. The van der Waals surface area contributed by atoms with Crippen molar-refractivity contribution in [2.75, 3.05) is 19.6 Å². The number of hydrogen-bond donors (Lipinski definition) is 0. The molecule has 1 nitrogen and oxygen atoms in total. The van der Waals surface area contributed by atoms with E-state index in [1.807, 2.05) is 13.8 Å². The van der Waals surface area contributed by atoms with Gasteiger partial charge in [-0.25, -0.2) is 0 Å². The maximum atomic E-state index is 2.49. The summed E-state index contributed by atoms with van der Waals surface area (Å²) in [5.74, 6) is 1.89. The second-order valence-electron chi connectivity index (χ2n) is 3.36. The molecule has 0 radical (unpaired) electrons. The Morgan fingerprint density at radius 1 is 1.27 bits per heavy atom. The molecule has 0 amide bonds. The molecular weight excluding hydrogens is 134 g/mol. The van der Waals surface area contributed by atoms with Crippen molar-refractivity contribution in [3.8, 4) is 0 Å². The van der Waals surface area contributed by atoms with E-state index in [0.29, 0.717) is 0 Å². The fourth-order valence-corrected chi connectivity index (χ4v) is 1.29. The van der Waals surface area contributed by atoms with Crippen LogP contribution in [0.1, 0.15) is 34.6 Å². The molecule has 0 spiro atoms. The van der Waals surface area contributed by atoms with E-state index in [4.69, 9.17) is 0 Å². The smallest absolute Gasteiger partial charge is 0.00243 e. The molecule has 0 atom stereocenters. The van der Waals surface area contributed by atoms with Crippen LogP contribution in [0.2, 0.25) is 0 Å². The van der Waals surface area contributed by atoms with E-state index in [1.54, 1.807) is 0 Å². The van der Waals surface area contributed by atoms with Crippen LogP contribution in [0.25, 0.3) is 0 Å². The summed E-state index contributed by atoms with van der Waals surface area (Å²) in [7, 11) is 0. The van der Waals surface area contributed by atoms with Crippen LogP contribution in [-0.4, -0.2) is 24.5 Å². The molecule has 0 aliphatic carbocycles. The van der Waals surface area contributed by atoms with Gasteiger partial charge in [0.15, 0.2) is 0 Å². The molecule has 0 aromatic rings. The van der Waals surface area contributed by atoms with Crippen LogP contribution in [-0.2, 0) is 0 Å². The van der Waals surface area contributed by atoms with Crippen molar-refractivity contribution in [1.82, 2.24) is 4.90 Å². The molecule has 68 valence electrons. The molecule has 1 heteroatoms. The first kappa shape index (κ1) is 11.0. The topological polar surface area (TPSA) is 3.24 Å². The Labute approximate surface area is 71.8 Å². The summed E-state index contributed by atoms with van der Waals surface area (Å²) in [6, 6.07) is 0. The average Bonchev–Trinajstić information content (AvgIpc) is 1.89. The second-order valence-corrected chi connectivity index (χ2v) is 3.36. The van der Waals surface area contributed by atoms with Crippen molar-refractivity contribution in [3.63, 3.8) is 0 Å². The summed E-state index contributed by atoms with van der Waals surface area (Å²) in [5, 5.41) is 0. The number of rotatable bonds is 2. The minimum atomic E-state index is 0.896. The fraction of sp³-hybridized carbons (Fsp3) is 1.00. The Morgan fingerprint density at radius 3 is 2.00 bits per heavy atom. The van der Waals surface area contributed by atoms with Crippen LogP contribution in [0, 0.1) is 11.8 Å². The quantitative estimate of drug-likeness (QED) is 0.595. The van der Waals surface area contributed by atoms with E-state index >= 15 is 0 Å². The van der Waals surface area contributed by atoms with Crippen molar-refractivity contribution in [2.45, 2.75) is 34.6 Å². The predicted octanol–water partition coefficient (Wildman–Crippen LogP) is 2.62. The van der Waals surface area contributed by atoms with E-state index in [-0.39, 0.29) is 0 Å². The van der Waals surface area contributed by atoms with Gasteiger partial charge in [-0.15, -0.1) is 0 Å². The molecule has 1 aliphatic rings. The first-order chi connectivity index (χ1) is 5.24. The van der Waals surface area contributed by atoms with E-state index < -0.39 is 0 Å². The minimum absolute atomic E-state index is 0.896. The van der Waals surface area contributed by atoms with Gasteiger partial charge in [-0.3, -0.25) is 0 Å². The Morgan fingerprint density at radius 2 is 1.73 bits per heavy atom. The zero-order valence-electron chi connectivity index (χ0n) is 8.72. The molecule has 1 aliphatic heterocycles. The molecule has 0 unspecified atom stereocenters. The molecule has 1 fully saturated rings. The molecule has 1 saturated heterocycles. The Balaban J connectivity index is 0.000000461. The van der Waals surface area contributed by atoms with Crippen molar-refractivity contribution in [1.29, 1.82) is 0 Å². The molecule has 0 saturated carbocycles. The lowest BCUT2D eigenvalue weighted by Crippen LogP contribution is -2.48. The molecule has 1 rings (SSSR count). The third kappa shape index (κ3) is 3.24. The SMILES string of the molecule is CC.CCN1CC(C(C)C)C1. The average molecular weight is 157 g/mol. The van der Waals surface area contributed by atoms with Crippen LogP contribution in [0.3, 0.4) is 0 Å². The van der Waals surface area contributed by atoms with Crippen LogP contribution < -0.4 is 0 Å². The van der Waals surface area contributed by atoms with Gasteiger partial charge >= 0.3 is 0 Å². The lowest BCUT2D eigenvalue weighted by atomic mass is 9.89. The van der Waals surface area contributed by atoms with E-state index in [9.17, 15) is 0 Å². The second kappa shape index (κ2) is 5.59. The minimum Gasteiger partial charge on any atom is -0.303 e. The normalized spacial score (nSPS) is 19.1. The fourth-order valence-electron chi connectivity index (χ4n) is 1.29. The van der Waals surface area contributed by atoms with E-state index in [2.05, 4.69) is 25.7 Å². The molecule has 0 bridgehead atoms. The van der Waals surface area contributed by atoms with Gasteiger partial charge in [0.05, 0.1) is 0 Å². The van der Waals surface area contributed by atoms with Gasteiger partial charge in [-0.2, -0.15) is 0 Å². The zero-order valence-corrected chi connectivity index (χ0v) is 8.72. The predicted molar refractivity (Wildman–Crippen MR) is 51.8 cm³/mol. The highest BCUT2D eigenvalue weighted by atomic mass is 15.2. The molecule has 11 heavy (non-hydrogen) atoms. The van der Waals surface area contributed by atoms with Crippen molar-refractivity contribution < 1.29 is 0 Å². The van der Waals surface area contributed by atoms with Crippen LogP contribution in [0.4, 0.5) is 0 Å². The largest absolute Gasteiger partial charge is 0.303 e. The van der Waals surface area contributed by atoms with Crippen molar-refractivity contribution in [3.05, 3.63) is 0 Å². The lowest BCUT2D eigenvalue weighted by molar-refractivity contribution is 0.0745. The summed E-state index contributed by atoms with van der Waals surface area (Å²) in [6.45, 7) is 14.8. The molecule has 0 N–H and O–H groups in total. The number of likely N-dealkylation sites (tertiary alicyclic amines) is 1. The van der Waals surface area contributed by atoms with Gasteiger partial charge in [0.25, 0.3) is 0 Å². The van der Waals surface area contributed by atoms with Crippen LogP contribution >= 0.6 is 0 Å². The molecular formula is C10H23N. The van der Waals surface area contributed by atoms with Gasteiger partial charge in [-0.05, 0) is 18.4 Å². The standard InChI is InChI=1S/C8H17N.C2H6/c1-4-9-5-8(6-9)7(2)3;1-2/h7-8H,4-6H2,1-3H3;1-2H3. The van der Waals surface area contributed by atoms with Crippen molar-refractivity contribution in [2.24, 2.45) is 11.8 Å². The molecule has 0 aromatic heterocycles. The van der Waals surface area contributed by atoms with Gasteiger partial charge in [0.2, 0.25) is 0 Å². The Kier molecular flexibility index (Phi) is 5.57. The van der Waals surface area contributed by atoms with Gasteiger partial charge in [0, 0.05) is 13.1 Å². The van der Waals surface area contributed by atoms with Gasteiger partial charge < -0.3 is 4.90 Å². The first-order valence-corrected chi connectivity index (χ1v) is 4.96. The third-order valence-corrected chi connectivity index (χ3v) is 2.38. The van der Waals surface area contributed by atoms with E-state index in [0.717, 1.165) is 11.8 Å². The maximum absolute atomic E-state index is 2.49. The molecule has 0 aromatic carbocycles. The highest BCUT2D eigenvalue weighted by Gasteiger charge is 2.26. The summed E-state index contributed by atoms with van der Waals surface area (Å²) in [6.07, 6.45) is 0. The van der Waals surface area contributed by atoms with Gasteiger partial charge in [-0.1, -0.05) is 34.6 Å². The monoisotopic (exact) mass is 157 g/mol. The lowest BCUT2D eigenvalue weighted by Gasteiger charge is -2.40. The summed E-state index contributed by atoms with van der Waals surface area (Å²) < 4.78 is 0.